The number of aromatic amines is 1. The molecule has 1 atom stereocenters. The van der Waals surface area contributed by atoms with Gasteiger partial charge in [0.2, 0.25) is 29.4 Å². The van der Waals surface area contributed by atoms with E-state index >= 15 is 0 Å². The molecular formula is C45H44N8O10S2. The van der Waals surface area contributed by atoms with Crippen molar-refractivity contribution in [2.75, 3.05) is 32.7 Å². The van der Waals surface area contributed by atoms with Crippen LogP contribution >= 0.6 is 22.7 Å². The van der Waals surface area contributed by atoms with Crippen LogP contribution in [-0.4, -0.2) is 84.8 Å². The number of ketones is 1. The molecule has 4 heterocycles. The van der Waals surface area contributed by atoms with Gasteiger partial charge in [-0.1, -0.05) is 17.4 Å². The summed E-state index contributed by atoms with van der Waals surface area (Å²) < 4.78 is 16.9. The van der Waals surface area contributed by atoms with E-state index in [1.54, 1.807) is 54.1 Å². The number of methoxy groups -OCH3 is 2. The molecule has 0 aliphatic carbocycles. The number of thiazole rings is 1. The van der Waals surface area contributed by atoms with E-state index in [9.17, 15) is 33.6 Å². The predicted octanol–water partition coefficient (Wildman–Crippen LogP) is 6.76. The van der Waals surface area contributed by atoms with Crippen molar-refractivity contribution in [2.45, 2.75) is 57.5 Å². The fourth-order valence-electron chi connectivity index (χ4n) is 7.16. The Morgan fingerprint density at radius 3 is 2.43 bits per heavy atom. The van der Waals surface area contributed by atoms with Gasteiger partial charge in [0.15, 0.2) is 17.3 Å². The zero-order valence-corrected chi connectivity index (χ0v) is 37.0. The molecule has 5 amide bonds. The zero-order chi connectivity index (χ0) is 45.9. The third kappa shape index (κ3) is 11.8. The lowest BCUT2D eigenvalue weighted by atomic mass is 10.0. The molecule has 65 heavy (non-hydrogen) atoms. The van der Waals surface area contributed by atoms with Crippen molar-refractivity contribution in [3.05, 3.63) is 97.8 Å². The van der Waals surface area contributed by atoms with Crippen molar-refractivity contribution >= 4 is 86.3 Å². The fraction of sp³-hybridized carbons (Fsp3) is 0.289. The summed E-state index contributed by atoms with van der Waals surface area (Å²) in [6, 6.07) is 16.6. The first-order chi connectivity index (χ1) is 31.5. The minimum atomic E-state index is -0.765. The number of hydrogen-bond acceptors (Lipinski definition) is 15. The highest BCUT2D eigenvalue weighted by Crippen LogP contribution is 2.42. The van der Waals surface area contributed by atoms with Crippen LogP contribution in [-0.2, 0) is 30.5 Å². The first-order valence-corrected chi connectivity index (χ1v) is 22.3. The summed E-state index contributed by atoms with van der Waals surface area (Å²) in [7, 11) is 2.85. The van der Waals surface area contributed by atoms with Crippen LogP contribution in [0.4, 0.5) is 22.1 Å². The Morgan fingerprint density at radius 1 is 0.908 bits per heavy atom. The number of piperidine rings is 1. The predicted molar refractivity (Wildman–Crippen MR) is 243 cm³/mol. The number of H-pyrrole nitrogens is 1. The Hall–Kier alpha value is -7.32. The van der Waals surface area contributed by atoms with E-state index in [0.29, 0.717) is 52.3 Å². The van der Waals surface area contributed by atoms with E-state index in [0.717, 1.165) is 21.9 Å². The molecule has 4 N–H and O–H groups in total. The molecule has 2 aliphatic rings. The molecule has 3 aromatic carbocycles. The molecule has 1 fully saturated rings. The summed E-state index contributed by atoms with van der Waals surface area (Å²) in [6.07, 6.45) is 3.09. The molecule has 0 spiro atoms. The number of carbonyl (C=O) groups is 6. The first kappa shape index (κ1) is 45.7. The quantitative estimate of drug-likeness (QED) is 0.0277. The number of amides is 5. The Balaban J connectivity index is 0.847. The summed E-state index contributed by atoms with van der Waals surface area (Å²) in [4.78, 5) is 95.9. The Bertz CT molecular complexity index is 2700. The van der Waals surface area contributed by atoms with Gasteiger partial charge < -0.3 is 34.7 Å². The van der Waals surface area contributed by atoms with Crippen molar-refractivity contribution in [3.8, 4) is 28.5 Å². The van der Waals surface area contributed by atoms with Crippen LogP contribution < -0.4 is 35.0 Å². The number of azo groups is 1. The number of ether oxygens (including phenoxy) is 3. The van der Waals surface area contributed by atoms with Crippen LogP contribution in [0.15, 0.2) is 91.4 Å². The van der Waals surface area contributed by atoms with Gasteiger partial charge in [0.25, 0.3) is 5.91 Å². The number of aliphatic imine (C=N–C) groups is 1. The third-order valence-corrected chi connectivity index (χ3v) is 11.8. The SMILES string of the molecule is COc1cc(N=Nc2cccc3c2CN(C2CCC(=O)NC2=O)C3=O)cc(OC)c1OCC(=O)CCCNC(=O)CCCC(=O)Nc1cc(C=Nc2cccs2)cc(-c2csc(=O)[nH]2)c1. The summed E-state index contributed by atoms with van der Waals surface area (Å²) >= 11 is 2.54. The maximum absolute atomic E-state index is 13.2. The van der Waals surface area contributed by atoms with Gasteiger partial charge in [0, 0.05) is 84.9 Å². The van der Waals surface area contributed by atoms with Crippen molar-refractivity contribution in [3.63, 3.8) is 0 Å². The average molecular weight is 921 g/mol. The zero-order valence-electron chi connectivity index (χ0n) is 35.3. The Kier molecular flexibility index (Phi) is 15.0. The minimum absolute atomic E-state index is 0.0993. The molecule has 1 unspecified atom stereocenters. The minimum Gasteiger partial charge on any atom is -0.493 e. The number of imide groups is 1. The molecule has 1 saturated heterocycles. The van der Waals surface area contributed by atoms with E-state index in [1.165, 1.54) is 30.5 Å². The van der Waals surface area contributed by atoms with Crippen molar-refractivity contribution in [1.82, 2.24) is 20.5 Å². The molecule has 20 heteroatoms. The molecular weight excluding hydrogens is 877 g/mol. The highest BCUT2D eigenvalue weighted by molar-refractivity contribution is 7.13. The number of nitrogens with zero attached hydrogens (tertiary/aromatic N) is 4. The summed E-state index contributed by atoms with van der Waals surface area (Å²) in [6.45, 7) is 0.0944. The molecule has 0 radical (unpaired) electrons. The number of benzene rings is 3. The highest BCUT2D eigenvalue weighted by atomic mass is 32.1. The molecule has 2 aromatic heterocycles. The highest BCUT2D eigenvalue weighted by Gasteiger charge is 2.40. The van der Waals surface area contributed by atoms with Gasteiger partial charge in [-0.15, -0.1) is 11.3 Å². The number of hydrogen-bond donors (Lipinski definition) is 4. The maximum Gasteiger partial charge on any atom is 0.304 e. The number of anilines is 1. The number of thiophene rings is 1. The molecule has 0 saturated carbocycles. The van der Waals surface area contributed by atoms with Gasteiger partial charge in [-0.3, -0.25) is 38.9 Å². The largest absolute Gasteiger partial charge is 0.493 e. The normalized spacial score (nSPS) is 14.7. The van der Waals surface area contributed by atoms with Gasteiger partial charge in [0.05, 0.1) is 31.3 Å². The number of aromatic nitrogens is 1. The van der Waals surface area contributed by atoms with E-state index in [-0.39, 0.29) is 103 Å². The topological polar surface area (TPSA) is 239 Å². The standard InChI is InChI=1S/C45H44N8O10S2/c1-61-36-20-29(51-52-33-9-3-8-31-32(33)23-53(44(31)59)35-13-14-40(57)50-43(35)58)21-37(62-2)42(36)63-24-30(54)7-5-15-46-38(55)10-4-11-39(56)48-28-18-26(22-47-41-12-6-16-64-41)17-27(19-28)34-25-65-45(60)49-34/h3,6,8-9,12,16-22,25,35H,4-5,7,10-11,13-15,23-24H2,1-2H3,(H,46,55)(H,48,56)(H,49,60)(H,50,57,58). The molecule has 0 bridgehead atoms. The van der Waals surface area contributed by atoms with Crippen LogP contribution in [0, 0.1) is 0 Å². The van der Waals surface area contributed by atoms with Crippen molar-refractivity contribution < 1.29 is 43.0 Å². The Labute approximate surface area is 380 Å². The van der Waals surface area contributed by atoms with Gasteiger partial charge in [0.1, 0.15) is 17.6 Å². The van der Waals surface area contributed by atoms with Gasteiger partial charge in [-0.25, -0.2) is 4.99 Å². The second kappa shape index (κ2) is 21.4. The molecule has 7 rings (SSSR count). The van der Waals surface area contributed by atoms with Crippen LogP contribution in [0.1, 0.15) is 66.4 Å². The van der Waals surface area contributed by atoms with Crippen molar-refractivity contribution in [1.29, 1.82) is 0 Å². The van der Waals surface area contributed by atoms with E-state index in [2.05, 4.69) is 36.2 Å². The number of rotatable bonds is 20. The number of nitrogens with one attached hydrogen (secondary N) is 4. The fourth-order valence-corrected chi connectivity index (χ4v) is 8.31. The van der Waals surface area contributed by atoms with E-state index < -0.39 is 11.9 Å². The molecule has 2 aliphatic heterocycles. The summed E-state index contributed by atoms with van der Waals surface area (Å²) in [5.41, 5.74) is 4.35. The smallest absolute Gasteiger partial charge is 0.304 e. The van der Waals surface area contributed by atoms with Crippen LogP contribution in [0.25, 0.3) is 11.3 Å². The van der Waals surface area contributed by atoms with E-state index in [1.807, 2.05) is 23.6 Å². The van der Waals surface area contributed by atoms with Crippen LogP contribution in [0.5, 0.6) is 17.2 Å². The second-order valence-electron chi connectivity index (χ2n) is 14.9. The molecule has 18 nitrogen and oxygen atoms in total. The maximum atomic E-state index is 13.2. The molecule has 336 valence electrons. The van der Waals surface area contributed by atoms with Gasteiger partial charge >= 0.3 is 4.87 Å². The van der Waals surface area contributed by atoms with Gasteiger partial charge in [-0.05, 0) is 72.7 Å². The van der Waals surface area contributed by atoms with Crippen molar-refractivity contribution in [2.24, 2.45) is 15.2 Å². The lowest BCUT2D eigenvalue weighted by Crippen LogP contribution is -2.52. The second-order valence-corrected chi connectivity index (χ2v) is 16.6. The number of Topliss-reactive ketones (excluding diaryl/α,β-unsaturated/α-hetero) is 1. The first-order valence-electron chi connectivity index (χ1n) is 20.5. The monoisotopic (exact) mass is 920 g/mol. The number of carbonyl (C=O) groups excluding carboxylic acids is 6. The Morgan fingerprint density at radius 2 is 1.71 bits per heavy atom. The lowest BCUT2D eigenvalue weighted by molar-refractivity contribution is -0.137. The van der Waals surface area contributed by atoms with Gasteiger partial charge in [-0.2, -0.15) is 10.2 Å². The summed E-state index contributed by atoms with van der Waals surface area (Å²) in [5.74, 6) is -1.30. The average Bonchev–Trinajstić information content (AvgIpc) is 4.06. The number of fused-ring (bicyclic) bond motifs is 1. The summed E-state index contributed by atoms with van der Waals surface area (Å²) in [5, 5.41) is 21.2. The van der Waals surface area contributed by atoms with Crippen LogP contribution in [0.3, 0.4) is 0 Å². The lowest BCUT2D eigenvalue weighted by Gasteiger charge is -2.29. The van der Waals surface area contributed by atoms with E-state index in [4.69, 9.17) is 14.2 Å². The third-order valence-electron chi connectivity index (χ3n) is 10.3. The van der Waals surface area contributed by atoms with Crippen LogP contribution in [0.2, 0.25) is 0 Å². The molecule has 5 aromatic rings.